The summed E-state index contributed by atoms with van der Waals surface area (Å²) in [7, 11) is 0. The van der Waals surface area contributed by atoms with Crippen molar-refractivity contribution in [3.63, 3.8) is 0 Å². The van der Waals surface area contributed by atoms with Crippen LogP contribution in [-0.2, 0) is 4.74 Å². The van der Waals surface area contributed by atoms with Gasteiger partial charge < -0.3 is 9.72 Å². The Labute approximate surface area is 146 Å². The smallest absolute Gasteiger partial charge is 0.355 e. The van der Waals surface area contributed by atoms with Crippen molar-refractivity contribution in [2.75, 3.05) is 0 Å². The van der Waals surface area contributed by atoms with E-state index in [2.05, 4.69) is 4.98 Å². The number of carbonyl (C=O) groups excluding carboxylic acids is 2. The molecule has 3 aromatic rings. The highest BCUT2D eigenvalue weighted by atomic mass is 16.5. The first-order valence-electron chi connectivity index (χ1n) is 8.06. The zero-order valence-electron chi connectivity index (χ0n) is 14.2. The van der Waals surface area contributed by atoms with Gasteiger partial charge in [-0.15, -0.1) is 0 Å². The van der Waals surface area contributed by atoms with Crippen LogP contribution < -0.4 is 0 Å². The number of esters is 1. The zero-order chi connectivity index (χ0) is 17.8. The first kappa shape index (κ1) is 16.7. The summed E-state index contributed by atoms with van der Waals surface area (Å²) in [6, 6.07) is 18.0. The van der Waals surface area contributed by atoms with Crippen LogP contribution in [0.15, 0.2) is 66.9 Å². The Morgan fingerprint density at radius 2 is 1.48 bits per heavy atom. The molecule has 0 fully saturated rings. The molecule has 0 amide bonds. The maximum atomic E-state index is 13.0. The molecule has 1 aromatic heterocycles. The number of benzene rings is 2. The Balaban J connectivity index is 1.93. The predicted octanol–water partition coefficient (Wildman–Crippen LogP) is 4.41. The molecule has 0 saturated heterocycles. The van der Waals surface area contributed by atoms with Gasteiger partial charge in [-0.1, -0.05) is 59.7 Å². The lowest BCUT2D eigenvalue weighted by molar-refractivity contribution is 0.0275. The number of rotatable bonds is 5. The highest BCUT2D eigenvalue weighted by Crippen LogP contribution is 2.24. The predicted molar refractivity (Wildman–Crippen MR) is 95.6 cm³/mol. The normalized spacial score (nSPS) is 11.8. The lowest BCUT2D eigenvalue weighted by Crippen LogP contribution is -2.20. The molecule has 25 heavy (non-hydrogen) atoms. The zero-order valence-corrected chi connectivity index (χ0v) is 14.2. The summed E-state index contributed by atoms with van der Waals surface area (Å²) in [5.74, 6) is -0.806. The topological polar surface area (TPSA) is 59.2 Å². The van der Waals surface area contributed by atoms with E-state index in [1.165, 1.54) is 0 Å². The SMILES string of the molecule is Cc1ccc(C(=O)[C@H](OC(=O)c2ccc[nH]2)c2ccc(C)cc2)cc1. The minimum absolute atomic E-state index is 0.247. The second-order valence-electron chi connectivity index (χ2n) is 6.01. The van der Waals surface area contributed by atoms with E-state index in [0.717, 1.165) is 11.1 Å². The molecule has 0 radical (unpaired) electrons. The van der Waals surface area contributed by atoms with Gasteiger partial charge in [-0.25, -0.2) is 4.79 Å². The number of aryl methyl sites for hydroxylation is 2. The van der Waals surface area contributed by atoms with Gasteiger partial charge in [0.25, 0.3) is 0 Å². The number of ketones is 1. The van der Waals surface area contributed by atoms with Crippen molar-refractivity contribution < 1.29 is 14.3 Å². The van der Waals surface area contributed by atoms with E-state index < -0.39 is 12.1 Å². The number of hydrogen-bond acceptors (Lipinski definition) is 3. The Bertz CT molecular complexity index is 863. The third-order valence-electron chi connectivity index (χ3n) is 4.00. The molecule has 4 nitrogen and oxygen atoms in total. The van der Waals surface area contributed by atoms with Crippen LogP contribution in [0.1, 0.15) is 43.6 Å². The lowest BCUT2D eigenvalue weighted by atomic mass is 9.98. The van der Waals surface area contributed by atoms with Crippen molar-refractivity contribution in [1.82, 2.24) is 4.98 Å². The van der Waals surface area contributed by atoms with Gasteiger partial charge in [0.05, 0.1) is 0 Å². The first-order valence-corrected chi connectivity index (χ1v) is 8.06. The summed E-state index contributed by atoms with van der Waals surface area (Å²) < 4.78 is 5.55. The molecule has 0 unspecified atom stereocenters. The van der Waals surface area contributed by atoms with E-state index in [9.17, 15) is 9.59 Å². The molecule has 0 aliphatic heterocycles. The molecular weight excluding hydrogens is 314 g/mol. The number of aromatic nitrogens is 1. The lowest BCUT2D eigenvalue weighted by Gasteiger charge is -2.17. The third-order valence-corrected chi connectivity index (χ3v) is 4.00. The average molecular weight is 333 g/mol. The number of Topliss-reactive ketones (excluding diaryl/α,β-unsaturated/α-hetero) is 1. The van der Waals surface area contributed by atoms with Gasteiger partial charge in [0.2, 0.25) is 5.78 Å². The van der Waals surface area contributed by atoms with Gasteiger partial charge in [0.1, 0.15) is 5.69 Å². The fourth-order valence-corrected chi connectivity index (χ4v) is 2.51. The van der Waals surface area contributed by atoms with Gasteiger partial charge in [0, 0.05) is 17.3 Å². The molecule has 0 bridgehead atoms. The van der Waals surface area contributed by atoms with Crippen LogP contribution >= 0.6 is 0 Å². The van der Waals surface area contributed by atoms with Gasteiger partial charge in [-0.05, 0) is 26.0 Å². The number of carbonyl (C=O) groups is 2. The summed E-state index contributed by atoms with van der Waals surface area (Å²) in [6.45, 7) is 3.92. The molecule has 4 heteroatoms. The Kier molecular flexibility index (Phi) is 4.80. The van der Waals surface area contributed by atoms with Crippen LogP contribution in [0.3, 0.4) is 0 Å². The van der Waals surface area contributed by atoms with Crippen LogP contribution in [0.4, 0.5) is 0 Å². The molecule has 0 aliphatic rings. The molecule has 0 spiro atoms. The minimum Gasteiger partial charge on any atom is -0.444 e. The average Bonchev–Trinajstić information content (AvgIpc) is 3.15. The van der Waals surface area contributed by atoms with E-state index >= 15 is 0 Å². The Hall–Kier alpha value is -3.14. The highest BCUT2D eigenvalue weighted by molar-refractivity contribution is 6.02. The molecular formula is C21H19NO3. The molecule has 1 atom stereocenters. The second-order valence-corrected chi connectivity index (χ2v) is 6.01. The Morgan fingerprint density at radius 1 is 0.880 bits per heavy atom. The van der Waals surface area contributed by atoms with Gasteiger partial charge in [-0.2, -0.15) is 0 Å². The van der Waals surface area contributed by atoms with Crippen LogP contribution in [0.5, 0.6) is 0 Å². The van der Waals surface area contributed by atoms with Crippen molar-refractivity contribution in [3.8, 4) is 0 Å². The molecule has 1 heterocycles. The van der Waals surface area contributed by atoms with E-state index in [0.29, 0.717) is 16.8 Å². The number of nitrogens with one attached hydrogen (secondary N) is 1. The summed E-state index contributed by atoms with van der Waals surface area (Å²) in [4.78, 5) is 28.1. The second kappa shape index (κ2) is 7.18. The molecule has 3 rings (SSSR count). The van der Waals surface area contributed by atoms with Crippen molar-refractivity contribution >= 4 is 11.8 Å². The monoisotopic (exact) mass is 333 g/mol. The van der Waals surface area contributed by atoms with Crippen molar-refractivity contribution in [2.24, 2.45) is 0 Å². The molecule has 1 N–H and O–H groups in total. The van der Waals surface area contributed by atoms with Gasteiger partial charge in [-0.3, -0.25) is 4.79 Å². The van der Waals surface area contributed by atoms with E-state index in [1.54, 1.807) is 30.5 Å². The van der Waals surface area contributed by atoms with Crippen LogP contribution in [-0.4, -0.2) is 16.7 Å². The number of H-pyrrole nitrogens is 1. The molecule has 126 valence electrons. The van der Waals surface area contributed by atoms with Crippen molar-refractivity contribution in [3.05, 3.63) is 94.8 Å². The maximum Gasteiger partial charge on any atom is 0.355 e. The fraction of sp³-hybridized carbons (Fsp3) is 0.143. The third kappa shape index (κ3) is 3.86. The molecule has 0 aliphatic carbocycles. The number of hydrogen-bond donors (Lipinski definition) is 1. The molecule has 2 aromatic carbocycles. The summed E-state index contributed by atoms with van der Waals surface area (Å²) in [5, 5.41) is 0. The van der Waals surface area contributed by atoms with E-state index in [1.807, 2.05) is 50.2 Å². The first-order chi connectivity index (χ1) is 12.0. The van der Waals surface area contributed by atoms with Gasteiger partial charge in [0.15, 0.2) is 6.10 Å². The summed E-state index contributed by atoms with van der Waals surface area (Å²) in [6.07, 6.45) is 0.651. The Morgan fingerprint density at radius 3 is 2.04 bits per heavy atom. The van der Waals surface area contributed by atoms with Gasteiger partial charge >= 0.3 is 5.97 Å². The highest BCUT2D eigenvalue weighted by Gasteiger charge is 2.27. The minimum atomic E-state index is -0.987. The number of aromatic amines is 1. The summed E-state index contributed by atoms with van der Waals surface area (Å²) >= 11 is 0. The van der Waals surface area contributed by atoms with E-state index in [4.69, 9.17) is 4.74 Å². The van der Waals surface area contributed by atoms with Crippen LogP contribution in [0.25, 0.3) is 0 Å². The fourth-order valence-electron chi connectivity index (χ4n) is 2.51. The quantitative estimate of drug-likeness (QED) is 0.556. The summed E-state index contributed by atoms with van der Waals surface area (Å²) in [5.41, 5.74) is 3.60. The largest absolute Gasteiger partial charge is 0.444 e. The number of ether oxygens (including phenoxy) is 1. The standard InChI is InChI=1S/C21H19NO3/c1-14-5-9-16(10-6-14)19(23)20(17-11-7-15(2)8-12-17)25-21(24)18-4-3-13-22-18/h3-13,20,22H,1-2H3/t20-/m1/s1. The van der Waals surface area contributed by atoms with Crippen molar-refractivity contribution in [1.29, 1.82) is 0 Å². The van der Waals surface area contributed by atoms with Crippen molar-refractivity contribution in [2.45, 2.75) is 20.0 Å². The maximum absolute atomic E-state index is 13.0. The van der Waals surface area contributed by atoms with E-state index in [-0.39, 0.29) is 5.78 Å². The molecule has 0 saturated carbocycles. The van der Waals surface area contributed by atoms with Crippen LogP contribution in [0.2, 0.25) is 0 Å². The van der Waals surface area contributed by atoms with Crippen LogP contribution in [0, 0.1) is 13.8 Å².